The van der Waals surface area contributed by atoms with E-state index in [1.165, 1.54) is 7.05 Å². The van der Waals surface area contributed by atoms with E-state index < -0.39 is 0 Å². The Bertz CT molecular complexity index is 410. The lowest BCUT2D eigenvalue weighted by Gasteiger charge is -2.00. The van der Waals surface area contributed by atoms with E-state index in [2.05, 4.69) is 26.1 Å². The molecular weight excluding hydrogens is 238 g/mol. The fraction of sp³-hybridized carbons (Fsp3) is 0.500. The Morgan fingerprint density at radius 1 is 1.00 bits per heavy atom. The second-order valence-corrected chi connectivity index (χ2v) is 2.99. The van der Waals surface area contributed by atoms with Gasteiger partial charge in [-0.05, 0) is 38.6 Å². The van der Waals surface area contributed by atoms with E-state index in [0.717, 1.165) is 22.6 Å². The van der Waals surface area contributed by atoms with Gasteiger partial charge < -0.3 is 5.73 Å². The molecule has 0 aromatic carbocycles. The zero-order valence-electron chi connectivity index (χ0n) is 13.2. The summed E-state index contributed by atoms with van der Waals surface area (Å²) >= 11 is 0. The first-order valence-electron chi connectivity index (χ1n) is 6.66. The SMILES string of the molecule is CC.CC.CN.Cc1cc(C)c(-c2ccn[nH]2)nn1. The molecule has 0 aliphatic carbocycles. The predicted molar refractivity (Wildman–Crippen MR) is 81.9 cm³/mol. The largest absolute Gasteiger partial charge is 0.333 e. The Morgan fingerprint density at radius 3 is 2.00 bits per heavy atom. The summed E-state index contributed by atoms with van der Waals surface area (Å²) in [4.78, 5) is 0. The Morgan fingerprint density at radius 2 is 1.58 bits per heavy atom. The van der Waals surface area contributed by atoms with E-state index >= 15 is 0 Å². The molecule has 0 bridgehead atoms. The van der Waals surface area contributed by atoms with Crippen LogP contribution in [0.3, 0.4) is 0 Å². The first kappa shape index (κ1) is 19.6. The van der Waals surface area contributed by atoms with Crippen LogP contribution in [0.1, 0.15) is 39.0 Å². The van der Waals surface area contributed by atoms with Crippen molar-refractivity contribution in [2.45, 2.75) is 41.5 Å². The van der Waals surface area contributed by atoms with Crippen molar-refractivity contribution < 1.29 is 0 Å². The highest BCUT2D eigenvalue weighted by atomic mass is 15.1. The third-order valence-electron chi connectivity index (χ3n) is 1.86. The lowest BCUT2D eigenvalue weighted by atomic mass is 10.2. The third-order valence-corrected chi connectivity index (χ3v) is 1.86. The maximum atomic E-state index is 4.50. The van der Waals surface area contributed by atoms with Crippen molar-refractivity contribution >= 4 is 0 Å². The molecule has 2 rings (SSSR count). The normalized spacial score (nSPS) is 8.00. The minimum atomic E-state index is 0.864. The molecule has 108 valence electrons. The zero-order valence-corrected chi connectivity index (χ0v) is 13.2. The van der Waals surface area contributed by atoms with Crippen LogP contribution in [0.15, 0.2) is 18.3 Å². The summed E-state index contributed by atoms with van der Waals surface area (Å²) in [7, 11) is 1.50. The van der Waals surface area contributed by atoms with E-state index in [-0.39, 0.29) is 0 Å². The highest BCUT2D eigenvalue weighted by Crippen LogP contribution is 2.16. The van der Waals surface area contributed by atoms with Crippen LogP contribution in [-0.4, -0.2) is 27.4 Å². The number of hydrogen-bond acceptors (Lipinski definition) is 4. The maximum absolute atomic E-state index is 4.50. The van der Waals surface area contributed by atoms with Gasteiger partial charge in [0.1, 0.15) is 5.69 Å². The summed E-state index contributed by atoms with van der Waals surface area (Å²) in [6.07, 6.45) is 1.70. The van der Waals surface area contributed by atoms with Crippen molar-refractivity contribution in [1.82, 2.24) is 20.4 Å². The third kappa shape index (κ3) is 6.67. The molecule has 0 atom stereocenters. The number of nitrogens with zero attached hydrogens (tertiary/aromatic N) is 3. The molecule has 5 heteroatoms. The van der Waals surface area contributed by atoms with Gasteiger partial charge in [-0.2, -0.15) is 10.2 Å². The van der Waals surface area contributed by atoms with E-state index in [1.54, 1.807) is 6.20 Å². The van der Waals surface area contributed by atoms with Gasteiger partial charge in [-0.15, -0.1) is 5.10 Å². The highest BCUT2D eigenvalue weighted by Gasteiger charge is 2.04. The number of nitrogens with two attached hydrogens (primary N) is 1. The van der Waals surface area contributed by atoms with Gasteiger partial charge in [0.15, 0.2) is 0 Å². The van der Waals surface area contributed by atoms with Crippen LogP contribution in [-0.2, 0) is 0 Å². The molecule has 0 aliphatic heterocycles. The molecule has 2 heterocycles. The van der Waals surface area contributed by atoms with Gasteiger partial charge in [-0.25, -0.2) is 0 Å². The van der Waals surface area contributed by atoms with Crippen LogP contribution in [0.25, 0.3) is 11.4 Å². The standard InChI is InChI=1S/C9H10N4.2C2H6.CH5N/c1-6-5-7(2)11-13-9(6)8-3-4-10-12-8;3*1-2/h3-5H,1-2H3,(H,10,12);2*1-2H3;2H2,1H3. The second kappa shape index (κ2) is 12.7. The molecule has 0 fully saturated rings. The smallest absolute Gasteiger partial charge is 0.114 e. The molecule has 2 aromatic rings. The van der Waals surface area contributed by atoms with Crippen molar-refractivity contribution in [1.29, 1.82) is 0 Å². The average Bonchev–Trinajstić information content (AvgIpc) is 2.99. The number of rotatable bonds is 1. The predicted octanol–water partition coefficient (Wildman–Crippen LogP) is 3.11. The molecule has 0 radical (unpaired) electrons. The Balaban J connectivity index is 0. The van der Waals surface area contributed by atoms with E-state index in [0.29, 0.717) is 0 Å². The molecule has 5 nitrogen and oxygen atoms in total. The van der Waals surface area contributed by atoms with Crippen molar-refractivity contribution in [2.75, 3.05) is 7.05 Å². The number of aryl methyl sites for hydroxylation is 2. The minimum absolute atomic E-state index is 0.864. The lowest BCUT2D eigenvalue weighted by molar-refractivity contribution is 0.962. The van der Waals surface area contributed by atoms with E-state index in [9.17, 15) is 0 Å². The van der Waals surface area contributed by atoms with Gasteiger partial charge in [0, 0.05) is 6.20 Å². The van der Waals surface area contributed by atoms with Crippen molar-refractivity contribution in [3.63, 3.8) is 0 Å². The monoisotopic (exact) mass is 265 g/mol. The highest BCUT2D eigenvalue weighted by molar-refractivity contribution is 5.56. The minimum Gasteiger partial charge on any atom is -0.333 e. The molecule has 2 aromatic heterocycles. The van der Waals surface area contributed by atoms with Crippen LogP contribution in [0.5, 0.6) is 0 Å². The summed E-state index contributed by atoms with van der Waals surface area (Å²) in [6, 6.07) is 3.88. The Kier molecular flexibility index (Phi) is 13.1. The zero-order chi connectivity index (χ0) is 15.3. The van der Waals surface area contributed by atoms with Crippen LogP contribution < -0.4 is 5.73 Å². The van der Waals surface area contributed by atoms with Gasteiger partial charge in [-0.3, -0.25) is 5.10 Å². The molecule has 0 saturated carbocycles. The van der Waals surface area contributed by atoms with Crippen molar-refractivity contribution in [3.05, 3.63) is 29.6 Å². The molecule has 0 aliphatic rings. The quantitative estimate of drug-likeness (QED) is 0.830. The van der Waals surface area contributed by atoms with Crippen molar-refractivity contribution in [3.8, 4) is 11.4 Å². The van der Waals surface area contributed by atoms with Gasteiger partial charge >= 0.3 is 0 Å². The van der Waals surface area contributed by atoms with Crippen LogP contribution in [0.2, 0.25) is 0 Å². The number of hydrogen-bond donors (Lipinski definition) is 2. The number of H-pyrrole nitrogens is 1. The fourth-order valence-electron chi connectivity index (χ4n) is 1.27. The van der Waals surface area contributed by atoms with Gasteiger partial charge in [0.2, 0.25) is 0 Å². The lowest BCUT2D eigenvalue weighted by Crippen LogP contribution is -1.94. The fourth-order valence-corrected chi connectivity index (χ4v) is 1.27. The van der Waals surface area contributed by atoms with Gasteiger partial charge in [0.25, 0.3) is 0 Å². The molecule has 0 amide bonds. The Hall–Kier alpha value is -1.75. The van der Waals surface area contributed by atoms with Crippen LogP contribution >= 0.6 is 0 Å². The number of aromatic amines is 1. The van der Waals surface area contributed by atoms with Crippen LogP contribution in [0, 0.1) is 13.8 Å². The summed E-state index contributed by atoms with van der Waals surface area (Å²) < 4.78 is 0. The first-order valence-corrected chi connectivity index (χ1v) is 6.66. The van der Waals surface area contributed by atoms with Crippen LogP contribution in [0.4, 0.5) is 0 Å². The summed E-state index contributed by atoms with van der Waals surface area (Å²) in [6.45, 7) is 11.9. The molecule has 0 saturated heterocycles. The number of aromatic nitrogens is 4. The summed E-state index contributed by atoms with van der Waals surface area (Å²) in [5.41, 5.74) is 8.31. The van der Waals surface area contributed by atoms with E-state index in [4.69, 9.17) is 0 Å². The molecule has 3 N–H and O–H groups in total. The topological polar surface area (TPSA) is 80.5 Å². The van der Waals surface area contributed by atoms with Crippen molar-refractivity contribution in [2.24, 2.45) is 5.73 Å². The maximum Gasteiger partial charge on any atom is 0.114 e. The molecule has 19 heavy (non-hydrogen) atoms. The Labute approximate surface area is 116 Å². The average molecular weight is 265 g/mol. The summed E-state index contributed by atoms with van der Waals surface area (Å²) in [5.74, 6) is 0. The summed E-state index contributed by atoms with van der Waals surface area (Å²) in [5, 5.41) is 14.8. The van der Waals surface area contributed by atoms with Gasteiger partial charge in [-0.1, -0.05) is 27.7 Å². The van der Waals surface area contributed by atoms with E-state index in [1.807, 2.05) is 53.7 Å². The van der Waals surface area contributed by atoms with Gasteiger partial charge in [0.05, 0.1) is 11.4 Å². The molecule has 0 unspecified atom stereocenters. The second-order valence-electron chi connectivity index (χ2n) is 2.99. The molecular formula is C14H27N5. The number of nitrogens with one attached hydrogen (secondary N) is 1. The first-order chi connectivity index (χ1) is 9.27. The molecule has 0 spiro atoms.